The Hall–Kier alpha value is -6.12. The van der Waals surface area contributed by atoms with Gasteiger partial charge >= 0.3 is 5.97 Å². The number of anilines is 2. The van der Waals surface area contributed by atoms with Crippen molar-refractivity contribution < 1.29 is 29.0 Å². The van der Waals surface area contributed by atoms with Crippen molar-refractivity contribution in [3.8, 4) is 5.88 Å². The largest absolute Gasteiger partial charge is 0.493 e. The van der Waals surface area contributed by atoms with Crippen LogP contribution in [0.3, 0.4) is 0 Å². The second-order valence-electron chi connectivity index (χ2n) is 10.5. The first-order valence-electron chi connectivity index (χ1n) is 13.6. The Morgan fingerprint density at radius 1 is 1.04 bits per heavy atom. The van der Waals surface area contributed by atoms with E-state index in [0.29, 0.717) is 18.4 Å². The van der Waals surface area contributed by atoms with Gasteiger partial charge in [0.05, 0.1) is 17.8 Å². The number of halogens is 1. The minimum atomic E-state index is -1.04. The molecule has 0 spiro atoms. The highest BCUT2D eigenvalue weighted by Crippen LogP contribution is 2.32. The van der Waals surface area contributed by atoms with E-state index in [4.69, 9.17) is 5.73 Å². The number of aryl methyl sites for hydroxylation is 1. The van der Waals surface area contributed by atoms with Gasteiger partial charge in [0.1, 0.15) is 28.6 Å². The molecule has 228 valence electrons. The van der Waals surface area contributed by atoms with Gasteiger partial charge in [0.15, 0.2) is 0 Å². The number of carboxylic acids is 1. The number of benzene rings is 2. The van der Waals surface area contributed by atoms with E-state index in [2.05, 4.69) is 25.9 Å². The van der Waals surface area contributed by atoms with Gasteiger partial charge in [0.25, 0.3) is 22.7 Å². The molecule has 7 N–H and O–H groups in total. The van der Waals surface area contributed by atoms with E-state index in [-0.39, 0.29) is 58.6 Å². The zero-order chi connectivity index (χ0) is 32.0. The zero-order valence-electron chi connectivity index (χ0n) is 23.3. The Bertz CT molecular complexity index is 2120. The summed E-state index contributed by atoms with van der Waals surface area (Å²) in [5.41, 5.74) is 5.74. The number of aromatic nitrogens is 3. The monoisotopic (exact) mass is 613 g/mol. The van der Waals surface area contributed by atoms with E-state index in [0.717, 1.165) is 21.7 Å². The lowest BCUT2D eigenvalue weighted by Crippen LogP contribution is -2.37. The summed E-state index contributed by atoms with van der Waals surface area (Å²) in [5.74, 6) is -3.42. The maximum absolute atomic E-state index is 14.4. The zero-order valence-corrected chi connectivity index (χ0v) is 23.3. The van der Waals surface area contributed by atoms with Crippen LogP contribution in [0.1, 0.15) is 66.1 Å². The minimum absolute atomic E-state index is 0.0770. The molecule has 1 aliphatic carbocycles. The van der Waals surface area contributed by atoms with Crippen LogP contribution in [0.2, 0.25) is 0 Å². The Morgan fingerprint density at radius 3 is 2.60 bits per heavy atom. The van der Waals surface area contributed by atoms with Crippen LogP contribution in [0.15, 0.2) is 58.3 Å². The van der Waals surface area contributed by atoms with E-state index in [1.807, 2.05) is 0 Å². The molecule has 15 heteroatoms. The van der Waals surface area contributed by atoms with E-state index in [9.17, 15) is 38.6 Å². The fourth-order valence-corrected chi connectivity index (χ4v) is 5.31. The van der Waals surface area contributed by atoms with Gasteiger partial charge in [-0.3, -0.25) is 19.2 Å². The van der Waals surface area contributed by atoms with Crippen molar-refractivity contribution >= 4 is 34.9 Å². The highest BCUT2D eigenvalue weighted by molar-refractivity contribution is 5.98. The number of carbonyl (C=O) groups is 3. The first-order valence-corrected chi connectivity index (χ1v) is 13.6. The predicted molar refractivity (Wildman–Crippen MR) is 157 cm³/mol. The number of nitrogens with one attached hydrogen (secondary N) is 3. The van der Waals surface area contributed by atoms with Crippen LogP contribution in [0.4, 0.5) is 15.8 Å². The number of fused-ring (bicyclic) bond motifs is 2. The van der Waals surface area contributed by atoms with Crippen LogP contribution in [-0.2, 0) is 19.5 Å². The molecule has 0 unspecified atom stereocenters. The number of nitrogen functional groups attached to an aromatic ring is 1. The fourth-order valence-electron chi connectivity index (χ4n) is 5.31. The van der Waals surface area contributed by atoms with Gasteiger partial charge in [0.2, 0.25) is 11.7 Å². The lowest BCUT2D eigenvalue weighted by molar-refractivity contribution is 0.0696. The second kappa shape index (κ2) is 11.2. The fraction of sp³-hybridized carbons (Fsp3) is 0.167. The first kappa shape index (κ1) is 29.0. The molecule has 2 amide bonds. The molecule has 0 saturated heterocycles. The molecule has 0 fully saturated rings. The number of hydrogen-bond acceptors (Lipinski definition) is 10. The summed E-state index contributed by atoms with van der Waals surface area (Å²) < 4.78 is 15.5. The lowest BCUT2D eigenvalue weighted by atomic mass is 10.0. The third-order valence-electron chi connectivity index (χ3n) is 7.66. The summed E-state index contributed by atoms with van der Waals surface area (Å²) >= 11 is 0. The standard InChI is InChI=1S/C30H24FN7O7/c31-18-5-1-13(7-16(18)11-33-24-23(32)25(40)26(24)41)10-34-28(43)21-9-20(37-30-35-12-22(39)38(21)30)27(42)36-19-6-3-14-8-15(29(44)45)2-4-17(14)19/h1-2,4-5,7-9,12,19,33,39H,3,6,10-11,32H2,(H,34,43)(H,36,42)(H,44,45)/t19-/m0/s1. The van der Waals surface area contributed by atoms with Crippen molar-refractivity contribution in [3.63, 3.8) is 0 Å². The van der Waals surface area contributed by atoms with Gasteiger partial charge in [-0.25, -0.2) is 23.6 Å². The van der Waals surface area contributed by atoms with E-state index >= 15 is 0 Å². The van der Waals surface area contributed by atoms with Gasteiger partial charge in [0, 0.05) is 18.7 Å². The van der Waals surface area contributed by atoms with Crippen LogP contribution in [0, 0.1) is 5.82 Å². The Kier molecular flexibility index (Phi) is 7.20. The smallest absolute Gasteiger partial charge is 0.335 e. The molecular formula is C30H24FN7O7. The summed E-state index contributed by atoms with van der Waals surface area (Å²) in [6.45, 7) is -0.215. The Morgan fingerprint density at radius 2 is 1.84 bits per heavy atom. The Labute approximate surface area is 252 Å². The molecule has 1 atom stereocenters. The van der Waals surface area contributed by atoms with Crippen molar-refractivity contribution in [2.24, 2.45) is 0 Å². The summed E-state index contributed by atoms with van der Waals surface area (Å²) in [6, 6.07) is 9.60. The maximum Gasteiger partial charge on any atom is 0.335 e. The van der Waals surface area contributed by atoms with Crippen molar-refractivity contribution in [2.45, 2.75) is 32.0 Å². The summed E-state index contributed by atoms with van der Waals surface area (Å²) in [6.07, 6.45) is 2.19. The second-order valence-corrected chi connectivity index (χ2v) is 10.5. The topological polar surface area (TPSA) is 218 Å². The average Bonchev–Trinajstić information content (AvgIpc) is 3.62. The molecule has 0 bridgehead atoms. The van der Waals surface area contributed by atoms with Crippen LogP contribution < -0.4 is 32.5 Å². The van der Waals surface area contributed by atoms with Crippen LogP contribution in [0.25, 0.3) is 5.78 Å². The average molecular weight is 614 g/mol. The molecule has 6 rings (SSSR count). The molecule has 45 heavy (non-hydrogen) atoms. The number of aromatic hydroxyl groups is 1. The molecule has 14 nitrogen and oxygen atoms in total. The highest BCUT2D eigenvalue weighted by Gasteiger charge is 2.27. The predicted octanol–water partition coefficient (Wildman–Crippen LogP) is 1.41. The molecule has 1 aliphatic rings. The van der Waals surface area contributed by atoms with Gasteiger partial charge < -0.3 is 31.9 Å². The number of imidazole rings is 1. The SMILES string of the molecule is Nc1c(NCc2cc(CNC(=O)c3cc(C(=O)N[C@H]4CCc5cc(C(=O)O)ccc54)nc4ncc(O)n34)ccc2F)c(=O)c1=O. The number of nitrogens with zero attached hydrogens (tertiary/aromatic N) is 3. The van der Waals surface area contributed by atoms with Crippen LogP contribution in [0.5, 0.6) is 5.88 Å². The van der Waals surface area contributed by atoms with E-state index in [1.54, 1.807) is 12.1 Å². The Balaban J connectivity index is 1.18. The molecule has 0 aliphatic heterocycles. The van der Waals surface area contributed by atoms with Gasteiger partial charge in [-0.15, -0.1) is 0 Å². The van der Waals surface area contributed by atoms with Gasteiger partial charge in [-0.1, -0.05) is 12.1 Å². The number of aromatic carboxylic acids is 1. The van der Waals surface area contributed by atoms with Crippen LogP contribution >= 0.6 is 0 Å². The number of carbonyl (C=O) groups excluding carboxylic acids is 2. The molecular weight excluding hydrogens is 589 g/mol. The maximum atomic E-state index is 14.4. The lowest BCUT2D eigenvalue weighted by Gasteiger charge is -2.15. The normalized spacial score (nSPS) is 13.9. The van der Waals surface area contributed by atoms with E-state index in [1.165, 1.54) is 30.3 Å². The van der Waals surface area contributed by atoms with Crippen molar-refractivity contribution in [2.75, 3.05) is 11.1 Å². The summed E-state index contributed by atoms with van der Waals surface area (Å²) in [4.78, 5) is 69.0. The number of rotatable bonds is 9. The minimum Gasteiger partial charge on any atom is -0.493 e. The molecule has 3 aromatic carbocycles. The molecule has 2 aromatic heterocycles. The third kappa shape index (κ3) is 5.30. The first-order chi connectivity index (χ1) is 21.5. The summed E-state index contributed by atoms with van der Waals surface area (Å²) in [7, 11) is 0. The van der Waals surface area contributed by atoms with Crippen molar-refractivity contribution in [3.05, 3.63) is 114 Å². The number of nitrogens with two attached hydrogens (primary N) is 1. The third-order valence-corrected chi connectivity index (χ3v) is 7.66. The van der Waals surface area contributed by atoms with Gasteiger partial charge in [-0.2, -0.15) is 0 Å². The quantitative estimate of drug-likeness (QED) is 0.131. The van der Waals surface area contributed by atoms with Crippen LogP contribution in [-0.4, -0.2) is 42.4 Å². The number of hydrogen-bond donors (Lipinski definition) is 6. The van der Waals surface area contributed by atoms with Crippen molar-refractivity contribution in [1.82, 2.24) is 25.0 Å². The summed E-state index contributed by atoms with van der Waals surface area (Å²) in [5, 5.41) is 27.8. The van der Waals surface area contributed by atoms with E-state index < -0.39 is 40.5 Å². The van der Waals surface area contributed by atoms with Crippen molar-refractivity contribution in [1.29, 1.82) is 0 Å². The number of carboxylic acid groups (broad SMARTS) is 1. The molecule has 0 radical (unpaired) electrons. The molecule has 0 saturated carbocycles. The number of amides is 2. The molecule has 5 aromatic rings. The molecule has 2 heterocycles. The van der Waals surface area contributed by atoms with Gasteiger partial charge in [-0.05, 0) is 59.9 Å². The highest BCUT2D eigenvalue weighted by atomic mass is 19.1.